The van der Waals surface area contributed by atoms with Gasteiger partial charge < -0.3 is 5.32 Å². The number of hydrogen-bond acceptors (Lipinski definition) is 3. The Bertz CT molecular complexity index is 626. The van der Waals surface area contributed by atoms with E-state index in [-0.39, 0.29) is 5.91 Å². The number of aromatic amines is 1. The molecule has 2 N–H and O–H groups in total. The van der Waals surface area contributed by atoms with Crippen molar-refractivity contribution in [1.29, 1.82) is 0 Å². The average Bonchev–Trinajstić information content (AvgIpc) is 2.99. The molecule has 1 amide bonds. The lowest BCUT2D eigenvalue weighted by atomic mass is 9.87. The molecule has 2 aromatic heterocycles. The van der Waals surface area contributed by atoms with E-state index in [9.17, 15) is 4.79 Å². The fourth-order valence-corrected chi connectivity index (χ4v) is 3.00. The second kappa shape index (κ2) is 6.73. The molecule has 2 aromatic rings. The van der Waals surface area contributed by atoms with Crippen LogP contribution in [0.4, 0.5) is 5.82 Å². The molecule has 116 valence electrons. The maximum Gasteiger partial charge on any atom is 0.230 e. The van der Waals surface area contributed by atoms with Gasteiger partial charge in [0, 0.05) is 29.6 Å². The van der Waals surface area contributed by atoms with Gasteiger partial charge in [-0.05, 0) is 31.4 Å². The zero-order valence-electron chi connectivity index (χ0n) is 12.9. The molecule has 1 aliphatic rings. The van der Waals surface area contributed by atoms with Gasteiger partial charge in [-0.25, -0.2) is 0 Å². The van der Waals surface area contributed by atoms with Gasteiger partial charge in [-0.15, -0.1) is 0 Å². The Hall–Kier alpha value is -2.17. The van der Waals surface area contributed by atoms with E-state index >= 15 is 0 Å². The van der Waals surface area contributed by atoms with Crippen LogP contribution in [0.2, 0.25) is 0 Å². The van der Waals surface area contributed by atoms with Gasteiger partial charge in [-0.2, -0.15) is 5.10 Å². The fourth-order valence-electron chi connectivity index (χ4n) is 3.00. The summed E-state index contributed by atoms with van der Waals surface area (Å²) in [6.07, 6.45) is 8.39. The summed E-state index contributed by atoms with van der Waals surface area (Å²) >= 11 is 0. The summed E-state index contributed by atoms with van der Waals surface area (Å²) in [5.74, 6) is 1.12. The average molecular weight is 298 g/mol. The van der Waals surface area contributed by atoms with Crippen LogP contribution in [0.3, 0.4) is 0 Å². The second-order valence-corrected chi connectivity index (χ2v) is 6.08. The molecule has 0 saturated heterocycles. The van der Waals surface area contributed by atoms with Gasteiger partial charge in [0.15, 0.2) is 5.82 Å². The van der Waals surface area contributed by atoms with Crippen molar-refractivity contribution in [3.05, 3.63) is 41.3 Å². The van der Waals surface area contributed by atoms with Crippen molar-refractivity contribution in [3.63, 3.8) is 0 Å². The number of H-pyrrole nitrogens is 1. The second-order valence-electron chi connectivity index (χ2n) is 6.08. The zero-order valence-corrected chi connectivity index (χ0v) is 12.9. The normalized spacial score (nSPS) is 15.7. The van der Waals surface area contributed by atoms with E-state index in [4.69, 9.17) is 0 Å². The van der Waals surface area contributed by atoms with Crippen LogP contribution in [0, 0.1) is 6.92 Å². The number of aryl methyl sites for hydroxylation is 1. The summed E-state index contributed by atoms with van der Waals surface area (Å²) in [5.41, 5.74) is 3.01. The number of hydrogen-bond donors (Lipinski definition) is 2. The molecule has 3 rings (SSSR count). The van der Waals surface area contributed by atoms with E-state index in [0.717, 1.165) is 17.0 Å². The van der Waals surface area contributed by atoms with Crippen LogP contribution in [0.15, 0.2) is 24.4 Å². The van der Waals surface area contributed by atoms with E-state index in [1.165, 1.54) is 32.1 Å². The van der Waals surface area contributed by atoms with Gasteiger partial charge in [-0.3, -0.25) is 14.9 Å². The van der Waals surface area contributed by atoms with Crippen molar-refractivity contribution in [2.75, 3.05) is 5.32 Å². The Morgan fingerprint density at radius 1 is 1.32 bits per heavy atom. The maximum absolute atomic E-state index is 12.1. The van der Waals surface area contributed by atoms with Gasteiger partial charge >= 0.3 is 0 Å². The number of nitrogens with one attached hydrogen (secondary N) is 2. The number of carbonyl (C=O) groups is 1. The van der Waals surface area contributed by atoms with Crippen LogP contribution < -0.4 is 5.32 Å². The summed E-state index contributed by atoms with van der Waals surface area (Å²) in [6, 6.07) is 5.82. The smallest absolute Gasteiger partial charge is 0.230 e. The first-order valence-corrected chi connectivity index (χ1v) is 7.97. The summed E-state index contributed by atoms with van der Waals surface area (Å²) in [7, 11) is 0. The molecular weight excluding hydrogens is 276 g/mol. The molecule has 0 atom stereocenters. The monoisotopic (exact) mass is 298 g/mol. The van der Waals surface area contributed by atoms with Crippen molar-refractivity contribution in [2.45, 2.75) is 51.4 Å². The first-order chi connectivity index (χ1) is 10.7. The lowest BCUT2D eigenvalue weighted by Crippen LogP contribution is -2.14. The first-order valence-electron chi connectivity index (χ1n) is 7.97. The molecule has 2 heterocycles. The van der Waals surface area contributed by atoms with E-state index in [2.05, 4.69) is 20.5 Å². The van der Waals surface area contributed by atoms with E-state index in [1.54, 1.807) is 6.20 Å². The Balaban J connectivity index is 1.57. The molecule has 0 spiro atoms. The molecule has 5 heteroatoms. The molecule has 5 nitrogen and oxygen atoms in total. The van der Waals surface area contributed by atoms with E-state index in [1.807, 2.05) is 25.1 Å². The van der Waals surface area contributed by atoms with Gasteiger partial charge in [0.2, 0.25) is 5.91 Å². The Morgan fingerprint density at radius 3 is 2.86 bits per heavy atom. The first kappa shape index (κ1) is 14.8. The van der Waals surface area contributed by atoms with Crippen LogP contribution in [0.1, 0.15) is 55.0 Å². The fraction of sp³-hybridized carbons (Fsp3) is 0.471. The third-order valence-corrected chi connectivity index (χ3v) is 4.25. The molecule has 0 unspecified atom stereocenters. The zero-order chi connectivity index (χ0) is 15.4. The molecule has 22 heavy (non-hydrogen) atoms. The molecule has 0 aromatic carbocycles. The minimum absolute atomic E-state index is 0.0626. The van der Waals surface area contributed by atoms with Crippen LogP contribution in [-0.2, 0) is 11.2 Å². The maximum atomic E-state index is 12.1. The highest BCUT2D eigenvalue weighted by Gasteiger charge is 2.18. The van der Waals surface area contributed by atoms with Gasteiger partial charge in [0.25, 0.3) is 0 Å². The number of carbonyl (C=O) groups excluding carboxylic acids is 1. The SMILES string of the molecule is Cc1ccc(CC(=O)Nc2cc(C3CCCCC3)[nH]n2)cn1. The number of nitrogens with zero attached hydrogens (tertiary/aromatic N) is 2. The molecule has 1 aliphatic carbocycles. The molecule has 0 bridgehead atoms. The van der Waals surface area contributed by atoms with Crippen LogP contribution in [0.5, 0.6) is 0 Å². The van der Waals surface area contributed by atoms with E-state index < -0.39 is 0 Å². The predicted molar refractivity (Wildman–Crippen MR) is 85.7 cm³/mol. The Labute approximate surface area is 130 Å². The molecular formula is C17H22N4O. The molecule has 1 fully saturated rings. The summed E-state index contributed by atoms with van der Waals surface area (Å²) in [4.78, 5) is 16.3. The molecule has 0 aliphatic heterocycles. The van der Waals surface area contributed by atoms with Gasteiger partial charge in [0.05, 0.1) is 6.42 Å². The summed E-state index contributed by atoms with van der Waals surface area (Å²) < 4.78 is 0. The largest absolute Gasteiger partial charge is 0.309 e. The van der Waals surface area contributed by atoms with Gasteiger partial charge in [-0.1, -0.05) is 25.3 Å². The van der Waals surface area contributed by atoms with Crippen molar-refractivity contribution >= 4 is 11.7 Å². The highest BCUT2D eigenvalue weighted by molar-refractivity contribution is 5.91. The minimum Gasteiger partial charge on any atom is -0.309 e. The van der Waals surface area contributed by atoms with E-state index in [0.29, 0.717) is 18.2 Å². The Kier molecular flexibility index (Phi) is 4.51. The number of aromatic nitrogens is 3. The third kappa shape index (κ3) is 3.72. The number of rotatable bonds is 4. The number of anilines is 1. The molecule has 0 radical (unpaired) electrons. The number of pyridine rings is 1. The lowest BCUT2D eigenvalue weighted by Gasteiger charge is -2.19. The van der Waals surface area contributed by atoms with Crippen molar-refractivity contribution in [1.82, 2.24) is 15.2 Å². The molecule has 1 saturated carbocycles. The van der Waals surface area contributed by atoms with Crippen molar-refractivity contribution in [2.24, 2.45) is 0 Å². The van der Waals surface area contributed by atoms with Gasteiger partial charge in [0.1, 0.15) is 0 Å². The number of amides is 1. The third-order valence-electron chi connectivity index (χ3n) is 4.25. The van der Waals surface area contributed by atoms with Crippen molar-refractivity contribution < 1.29 is 4.79 Å². The minimum atomic E-state index is -0.0626. The highest BCUT2D eigenvalue weighted by atomic mass is 16.1. The lowest BCUT2D eigenvalue weighted by molar-refractivity contribution is -0.115. The standard InChI is InChI=1S/C17H22N4O/c1-12-7-8-13(11-18-12)9-17(22)19-16-10-15(20-21-16)14-5-3-2-4-6-14/h7-8,10-11,14H,2-6,9H2,1H3,(H2,19,20,21,22). The predicted octanol–water partition coefficient (Wildman–Crippen LogP) is 3.34. The van der Waals surface area contributed by atoms with Crippen LogP contribution in [0.25, 0.3) is 0 Å². The Morgan fingerprint density at radius 2 is 2.14 bits per heavy atom. The summed E-state index contributed by atoms with van der Waals surface area (Å²) in [5, 5.41) is 10.1. The topological polar surface area (TPSA) is 70.7 Å². The van der Waals surface area contributed by atoms with Crippen molar-refractivity contribution in [3.8, 4) is 0 Å². The van der Waals surface area contributed by atoms with Crippen LogP contribution in [-0.4, -0.2) is 21.1 Å². The highest BCUT2D eigenvalue weighted by Crippen LogP contribution is 2.32. The van der Waals surface area contributed by atoms with Crippen LogP contribution >= 0.6 is 0 Å². The quantitative estimate of drug-likeness (QED) is 0.909. The summed E-state index contributed by atoms with van der Waals surface area (Å²) in [6.45, 7) is 1.93.